The van der Waals surface area contributed by atoms with E-state index in [4.69, 9.17) is 0 Å². The summed E-state index contributed by atoms with van der Waals surface area (Å²) in [6, 6.07) is 0.703. The van der Waals surface area contributed by atoms with Gasteiger partial charge in [-0.1, -0.05) is 5.21 Å². The Balaban J connectivity index is 1.88. The highest BCUT2D eigenvalue weighted by molar-refractivity contribution is 9.10. The van der Waals surface area contributed by atoms with E-state index in [0.29, 0.717) is 17.2 Å². The molecule has 1 aromatic heterocycles. The number of halogens is 1. The molecule has 2 heterocycles. The molecule has 88 valence electrons. The van der Waals surface area contributed by atoms with Crippen LogP contribution >= 0.6 is 15.9 Å². The van der Waals surface area contributed by atoms with E-state index in [2.05, 4.69) is 31.1 Å². The molecule has 0 amide bonds. The molecule has 1 N–H and O–H groups in total. The Morgan fingerprint density at radius 3 is 2.81 bits per heavy atom. The van der Waals surface area contributed by atoms with Crippen molar-refractivity contribution in [2.24, 2.45) is 7.05 Å². The fourth-order valence-electron chi connectivity index (χ4n) is 2.59. The van der Waals surface area contributed by atoms with Crippen LogP contribution in [-0.2, 0) is 12.6 Å². The zero-order valence-corrected chi connectivity index (χ0v) is 10.8. The molecule has 0 aromatic carbocycles. The van der Waals surface area contributed by atoms with Crippen molar-refractivity contribution in [3.63, 3.8) is 0 Å². The van der Waals surface area contributed by atoms with Gasteiger partial charge in [-0.3, -0.25) is 4.90 Å². The fourth-order valence-corrected chi connectivity index (χ4v) is 3.29. The van der Waals surface area contributed by atoms with Gasteiger partial charge in [0.2, 0.25) is 0 Å². The highest BCUT2D eigenvalue weighted by atomic mass is 79.9. The van der Waals surface area contributed by atoms with Crippen molar-refractivity contribution in [1.29, 1.82) is 0 Å². The first kappa shape index (κ1) is 10.7. The van der Waals surface area contributed by atoms with E-state index in [1.54, 1.807) is 4.68 Å². The zero-order valence-electron chi connectivity index (χ0n) is 9.23. The Morgan fingerprint density at radius 2 is 2.25 bits per heavy atom. The number of aromatic nitrogens is 3. The number of likely N-dealkylation sites (tertiary alicyclic amines) is 1. The third kappa shape index (κ3) is 1.59. The van der Waals surface area contributed by atoms with Gasteiger partial charge < -0.3 is 5.11 Å². The Kier molecular flexibility index (Phi) is 2.35. The first-order chi connectivity index (χ1) is 7.60. The van der Waals surface area contributed by atoms with E-state index in [1.165, 1.54) is 12.8 Å². The lowest BCUT2D eigenvalue weighted by Gasteiger charge is -2.23. The second-order valence-corrected chi connectivity index (χ2v) is 5.59. The quantitative estimate of drug-likeness (QED) is 0.867. The fraction of sp³-hybridized carbons (Fsp3) is 0.800. The van der Waals surface area contributed by atoms with E-state index in [-0.39, 0.29) is 0 Å². The third-order valence-corrected chi connectivity index (χ3v) is 4.10. The maximum Gasteiger partial charge on any atom is 0.154 e. The molecule has 3 rings (SSSR count). The SMILES string of the molecule is Cn1nnc(Br)c1C1(O)CCN(C2CC2)C1. The molecule has 2 fully saturated rings. The normalized spacial score (nSPS) is 31.2. The Labute approximate surface area is 103 Å². The molecule has 0 bridgehead atoms. The van der Waals surface area contributed by atoms with Gasteiger partial charge in [-0.25, -0.2) is 4.68 Å². The van der Waals surface area contributed by atoms with E-state index >= 15 is 0 Å². The molecule has 2 aliphatic rings. The largest absolute Gasteiger partial charge is 0.382 e. The van der Waals surface area contributed by atoms with Crippen LogP contribution in [0.5, 0.6) is 0 Å². The van der Waals surface area contributed by atoms with Gasteiger partial charge in [0.25, 0.3) is 0 Å². The molecule has 5 nitrogen and oxygen atoms in total. The van der Waals surface area contributed by atoms with Gasteiger partial charge >= 0.3 is 0 Å². The molecular formula is C10H15BrN4O. The van der Waals surface area contributed by atoms with Gasteiger partial charge in [-0.2, -0.15) is 0 Å². The summed E-state index contributed by atoms with van der Waals surface area (Å²) in [5.41, 5.74) is 0.00954. The molecule has 1 aliphatic carbocycles. The van der Waals surface area contributed by atoms with Gasteiger partial charge in [-0.15, -0.1) is 5.10 Å². The van der Waals surface area contributed by atoms with Gasteiger partial charge in [0.15, 0.2) is 4.60 Å². The lowest BCUT2D eigenvalue weighted by atomic mass is 9.99. The number of hydrogen-bond donors (Lipinski definition) is 1. The van der Waals surface area contributed by atoms with Crippen molar-refractivity contribution in [2.45, 2.75) is 30.9 Å². The number of aliphatic hydroxyl groups is 1. The van der Waals surface area contributed by atoms with Gasteiger partial charge in [0.1, 0.15) is 11.3 Å². The predicted octanol–water partition coefficient (Wildman–Crippen LogP) is 0.633. The van der Waals surface area contributed by atoms with Crippen molar-refractivity contribution in [2.75, 3.05) is 13.1 Å². The monoisotopic (exact) mass is 286 g/mol. The predicted molar refractivity (Wildman–Crippen MR) is 61.8 cm³/mol. The first-order valence-corrected chi connectivity index (χ1v) is 6.41. The average Bonchev–Trinajstić information content (AvgIpc) is 2.93. The molecule has 1 saturated carbocycles. The summed E-state index contributed by atoms with van der Waals surface area (Å²) in [5, 5.41) is 18.6. The van der Waals surface area contributed by atoms with Gasteiger partial charge in [-0.05, 0) is 35.2 Å². The maximum absolute atomic E-state index is 10.7. The summed E-state index contributed by atoms with van der Waals surface area (Å²) >= 11 is 3.36. The van der Waals surface area contributed by atoms with Crippen LogP contribution in [0.3, 0.4) is 0 Å². The first-order valence-electron chi connectivity index (χ1n) is 5.62. The van der Waals surface area contributed by atoms with Crippen molar-refractivity contribution >= 4 is 15.9 Å². The number of hydrogen-bond acceptors (Lipinski definition) is 4. The van der Waals surface area contributed by atoms with Crippen LogP contribution in [-0.4, -0.2) is 44.1 Å². The van der Waals surface area contributed by atoms with Crippen LogP contribution in [0.4, 0.5) is 0 Å². The molecule has 1 saturated heterocycles. The van der Waals surface area contributed by atoms with E-state index in [9.17, 15) is 5.11 Å². The van der Waals surface area contributed by atoms with Crippen LogP contribution in [0, 0.1) is 0 Å². The molecule has 6 heteroatoms. The molecule has 0 spiro atoms. The second kappa shape index (κ2) is 3.51. The second-order valence-electron chi connectivity index (χ2n) is 4.84. The van der Waals surface area contributed by atoms with Crippen LogP contribution in [0.15, 0.2) is 4.60 Å². The van der Waals surface area contributed by atoms with E-state index < -0.39 is 5.60 Å². The van der Waals surface area contributed by atoms with Crippen molar-refractivity contribution < 1.29 is 5.11 Å². The lowest BCUT2D eigenvalue weighted by Crippen LogP contribution is -2.34. The molecule has 1 aliphatic heterocycles. The van der Waals surface area contributed by atoms with Crippen molar-refractivity contribution in [3.8, 4) is 0 Å². The summed E-state index contributed by atoms with van der Waals surface area (Å²) in [5.74, 6) is 0. The molecule has 0 radical (unpaired) electrons. The topological polar surface area (TPSA) is 54.2 Å². The van der Waals surface area contributed by atoms with Crippen LogP contribution in [0.2, 0.25) is 0 Å². The summed E-state index contributed by atoms with van der Waals surface area (Å²) in [6.07, 6.45) is 3.32. The molecular weight excluding hydrogens is 272 g/mol. The summed E-state index contributed by atoms with van der Waals surface area (Å²) in [4.78, 5) is 2.37. The van der Waals surface area contributed by atoms with Crippen LogP contribution < -0.4 is 0 Å². The smallest absolute Gasteiger partial charge is 0.154 e. The zero-order chi connectivity index (χ0) is 11.3. The van der Waals surface area contributed by atoms with Gasteiger partial charge in [0, 0.05) is 26.2 Å². The standard InChI is InChI=1S/C10H15BrN4O/c1-14-8(9(11)12-13-14)10(16)4-5-15(6-10)7-2-3-7/h7,16H,2-6H2,1H3. The van der Waals surface area contributed by atoms with Crippen LogP contribution in [0.1, 0.15) is 25.0 Å². The minimum atomic E-state index is -0.792. The Bertz CT molecular complexity index is 397. The maximum atomic E-state index is 10.7. The minimum Gasteiger partial charge on any atom is -0.382 e. The number of rotatable bonds is 2. The average molecular weight is 287 g/mol. The summed E-state index contributed by atoms with van der Waals surface area (Å²) in [7, 11) is 1.82. The molecule has 1 unspecified atom stereocenters. The highest BCUT2D eigenvalue weighted by Gasteiger charge is 2.45. The summed E-state index contributed by atoms with van der Waals surface area (Å²) in [6.45, 7) is 1.68. The third-order valence-electron chi connectivity index (χ3n) is 3.57. The number of nitrogens with zero attached hydrogens (tertiary/aromatic N) is 4. The lowest BCUT2D eigenvalue weighted by molar-refractivity contribution is 0.0363. The van der Waals surface area contributed by atoms with Gasteiger partial charge in [0.05, 0.1) is 0 Å². The van der Waals surface area contributed by atoms with Crippen molar-refractivity contribution in [3.05, 3.63) is 10.3 Å². The molecule has 16 heavy (non-hydrogen) atoms. The molecule has 1 atom stereocenters. The number of aryl methyl sites for hydroxylation is 1. The van der Waals surface area contributed by atoms with Crippen LogP contribution in [0.25, 0.3) is 0 Å². The van der Waals surface area contributed by atoms with E-state index in [1.807, 2.05) is 7.05 Å². The Hall–Kier alpha value is -0.460. The minimum absolute atomic E-state index is 0.662. The van der Waals surface area contributed by atoms with Crippen molar-refractivity contribution in [1.82, 2.24) is 19.9 Å². The Morgan fingerprint density at radius 1 is 1.50 bits per heavy atom. The molecule has 1 aromatic rings. The van der Waals surface area contributed by atoms with E-state index in [0.717, 1.165) is 18.7 Å². The summed E-state index contributed by atoms with van der Waals surface area (Å²) < 4.78 is 2.33. The highest BCUT2D eigenvalue weighted by Crippen LogP contribution is 2.39. The number of β-amino-alcohol motifs (C(OH)–C–C–N with tert-alkyl or cyclic N) is 1.